The molecule has 0 aliphatic carbocycles. The van der Waals surface area contributed by atoms with Crippen molar-refractivity contribution in [1.82, 2.24) is 4.90 Å². The van der Waals surface area contributed by atoms with Crippen molar-refractivity contribution in [3.05, 3.63) is 61.6 Å². The summed E-state index contributed by atoms with van der Waals surface area (Å²) in [5.41, 5.74) is -1.61. The molecule has 3 rings (SSSR count). The van der Waals surface area contributed by atoms with Gasteiger partial charge < -0.3 is 19.2 Å². The number of non-ortho nitro benzene ring substituents is 1. The lowest BCUT2D eigenvalue weighted by Gasteiger charge is -2.33. The smallest absolute Gasteiger partial charge is 0.340 e. The molecule has 0 amide bonds. The highest BCUT2D eigenvalue weighted by molar-refractivity contribution is 5.99. The van der Waals surface area contributed by atoms with Crippen LogP contribution in [0.15, 0.2) is 28.7 Å². The van der Waals surface area contributed by atoms with Crippen LogP contribution in [0.1, 0.15) is 27.9 Å². The van der Waals surface area contributed by atoms with Crippen LogP contribution >= 0.6 is 0 Å². The van der Waals surface area contributed by atoms with Crippen LogP contribution in [-0.4, -0.2) is 60.7 Å². The Morgan fingerprint density at radius 3 is 2.48 bits per heavy atom. The third kappa shape index (κ3) is 4.98. The van der Waals surface area contributed by atoms with E-state index in [-0.39, 0.29) is 23.8 Å². The highest BCUT2D eigenvalue weighted by atomic mass is 16.6. The van der Waals surface area contributed by atoms with E-state index in [1.807, 2.05) is 19.1 Å². The zero-order valence-corrected chi connectivity index (χ0v) is 17.0. The molecule has 1 aliphatic rings. The monoisotopic (exact) mass is 434 g/mol. The average Bonchev–Trinajstić information content (AvgIpc) is 3.19. The standard InChI is InChI=1S/C19H22N4O8/c1-12-3-4-17(31-12)16(21-5-7-30-8-6-21)11-20-18-14(19(24)29-2)9-13(22(25)26)10-15(18)23(27)28/h3-4,9-10,16,20H,5-8,11H2,1-2H3. The van der Waals surface area contributed by atoms with Gasteiger partial charge in [-0.05, 0) is 19.1 Å². The molecule has 1 saturated heterocycles. The maximum atomic E-state index is 12.3. The minimum Gasteiger partial charge on any atom is -0.465 e. The number of carbonyl (C=O) groups excluding carboxylic acids is 1. The number of aryl methyl sites for hydroxylation is 1. The molecule has 0 radical (unpaired) electrons. The first kappa shape index (κ1) is 22.2. The van der Waals surface area contributed by atoms with E-state index in [4.69, 9.17) is 9.15 Å². The Morgan fingerprint density at radius 2 is 1.94 bits per heavy atom. The summed E-state index contributed by atoms with van der Waals surface area (Å²) >= 11 is 0. The van der Waals surface area contributed by atoms with Gasteiger partial charge in [0.1, 0.15) is 17.2 Å². The third-order valence-corrected chi connectivity index (χ3v) is 4.96. The number of esters is 1. The van der Waals surface area contributed by atoms with Crippen LogP contribution in [0.5, 0.6) is 0 Å². The Labute approximate surface area is 177 Å². The van der Waals surface area contributed by atoms with Gasteiger partial charge in [-0.1, -0.05) is 0 Å². The highest BCUT2D eigenvalue weighted by Crippen LogP contribution is 2.35. The van der Waals surface area contributed by atoms with Crippen molar-refractivity contribution in [3.63, 3.8) is 0 Å². The van der Waals surface area contributed by atoms with Crippen molar-refractivity contribution in [2.45, 2.75) is 13.0 Å². The summed E-state index contributed by atoms with van der Waals surface area (Å²) in [6.07, 6.45) is 0. The summed E-state index contributed by atoms with van der Waals surface area (Å²) in [5, 5.41) is 25.8. The van der Waals surface area contributed by atoms with Crippen molar-refractivity contribution in [3.8, 4) is 0 Å². The Bertz CT molecular complexity index is 983. The van der Waals surface area contributed by atoms with Gasteiger partial charge in [0.15, 0.2) is 0 Å². The molecule has 2 heterocycles. The molecule has 2 aromatic rings. The molecule has 12 heteroatoms. The predicted molar refractivity (Wildman–Crippen MR) is 108 cm³/mol. The zero-order chi connectivity index (χ0) is 22.5. The third-order valence-electron chi connectivity index (χ3n) is 4.96. The number of nitro groups is 2. The number of nitrogens with zero attached hydrogens (tertiary/aromatic N) is 3. The number of methoxy groups -OCH3 is 1. The fourth-order valence-electron chi connectivity index (χ4n) is 3.45. The van der Waals surface area contributed by atoms with E-state index in [2.05, 4.69) is 15.0 Å². The second kappa shape index (κ2) is 9.53. The topological polar surface area (TPSA) is 150 Å². The van der Waals surface area contributed by atoms with Gasteiger partial charge in [0.2, 0.25) is 0 Å². The first-order valence-electron chi connectivity index (χ1n) is 9.49. The van der Waals surface area contributed by atoms with Crippen molar-refractivity contribution in [2.75, 3.05) is 45.3 Å². The molecule has 1 aromatic carbocycles. The van der Waals surface area contributed by atoms with Gasteiger partial charge in [0.25, 0.3) is 11.4 Å². The van der Waals surface area contributed by atoms with Crippen LogP contribution in [0.25, 0.3) is 0 Å². The van der Waals surface area contributed by atoms with Crippen molar-refractivity contribution in [1.29, 1.82) is 0 Å². The van der Waals surface area contributed by atoms with Gasteiger partial charge >= 0.3 is 5.97 Å². The maximum Gasteiger partial charge on any atom is 0.340 e. The normalized spacial score (nSPS) is 15.3. The number of nitrogens with one attached hydrogen (secondary N) is 1. The molecule has 1 aliphatic heterocycles. The fourth-order valence-corrected chi connectivity index (χ4v) is 3.45. The maximum absolute atomic E-state index is 12.3. The van der Waals surface area contributed by atoms with E-state index in [1.165, 1.54) is 0 Å². The van der Waals surface area contributed by atoms with Gasteiger partial charge in [-0.2, -0.15) is 0 Å². The molecule has 1 atom stereocenters. The largest absolute Gasteiger partial charge is 0.465 e. The minimum atomic E-state index is -0.925. The summed E-state index contributed by atoms with van der Waals surface area (Å²) in [6.45, 7) is 4.26. The summed E-state index contributed by atoms with van der Waals surface area (Å²) in [6, 6.07) is 5.11. The van der Waals surface area contributed by atoms with E-state index in [9.17, 15) is 25.0 Å². The molecule has 1 fully saturated rings. The van der Waals surface area contributed by atoms with Gasteiger partial charge in [-0.3, -0.25) is 25.1 Å². The molecule has 1 aromatic heterocycles. The summed E-state index contributed by atoms with van der Waals surface area (Å²) in [4.78, 5) is 35.6. The number of furan rings is 1. The number of nitro benzene ring substituents is 2. The Kier molecular flexibility index (Phi) is 6.82. The van der Waals surface area contributed by atoms with Crippen LogP contribution < -0.4 is 5.32 Å². The number of hydrogen-bond donors (Lipinski definition) is 1. The quantitative estimate of drug-likeness (QED) is 0.373. The van der Waals surface area contributed by atoms with E-state index >= 15 is 0 Å². The van der Waals surface area contributed by atoms with Crippen molar-refractivity contribution >= 4 is 23.0 Å². The Hall–Kier alpha value is -3.51. The molecular weight excluding hydrogens is 412 g/mol. The molecule has 0 spiro atoms. The number of ether oxygens (including phenoxy) is 2. The number of benzene rings is 1. The van der Waals surface area contributed by atoms with Crippen molar-refractivity contribution in [2.24, 2.45) is 0 Å². The van der Waals surface area contributed by atoms with Gasteiger partial charge in [0.05, 0.1) is 47.8 Å². The predicted octanol–water partition coefficient (Wildman–Crippen LogP) is 2.68. The van der Waals surface area contributed by atoms with E-state index in [0.29, 0.717) is 37.8 Å². The van der Waals surface area contributed by atoms with Crippen LogP contribution in [0.3, 0.4) is 0 Å². The number of morpholine rings is 1. The number of carbonyl (C=O) groups is 1. The lowest BCUT2D eigenvalue weighted by molar-refractivity contribution is -0.393. The first-order chi connectivity index (χ1) is 14.8. The number of hydrogen-bond acceptors (Lipinski definition) is 10. The first-order valence-corrected chi connectivity index (χ1v) is 9.49. The van der Waals surface area contributed by atoms with Gasteiger partial charge in [0, 0.05) is 25.7 Å². The fraction of sp³-hybridized carbons (Fsp3) is 0.421. The highest BCUT2D eigenvalue weighted by Gasteiger charge is 2.30. The van der Waals surface area contributed by atoms with Crippen LogP contribution in [0, 0.1) is 27.2 Å². The summed E-state index contributed by atoms with van der Waals surface area (Å²) in [7, 11) is 1.10. The SMILES string of the molecule is COC(=O)c1cc([N+](=O)[O-])cc([N+](=O)[O-])c1NCC(c1ccc(C)o1)N1CCOCC1. The summed E-state index contributed by atoms with van der Waals surface area (Å²) in [5.74, 6) is 0.437. The van der Waals surface area contributed by atoms with E-state index in [1.54, 1.807) is 0 Å². The van der Waals surface area contributed by atoms with Crippen molar-refractivity contribution < 1.29 is 28.5 Å². The van der Waals surface area contributed by atoms with Gasteiger partial charge in [-0.25, -0.2) is 4.79 Å². The number of anilines is 1. The molecule has 0 saturated carbocycles. The number of rotatable bonds is 8. The summed E-state index contributed by atoms with van der Waals surface area (Å²) < 4.78 is 15.9. The Balaban J connectivity index is 1.99. The second-order valence-electron chi connectivity index (χ2n) is 6.89. The molecule has 31 heavy (non-hydrogen) atoms. The molecule has 1 N–H and O–H groups in total. The molecule has 0 bridgehead atoms. The Morgan fingerprint density at radius 1 is 1.23 bits per heavy atom. The molecular formula is C19H22N4O8. The molecule has 1 unspecified atom stereocenters. The van der Waals surface area contributed by atoms with E-state index in [0.717, 1.165) is 19.2 Å². The van der Waals surface area contributed by atoms with Crippen LogP contribution in [-0.2, 0) is 9.47 Å². The van der Waals surface area contributed by atoms with Gasteiger partial charge in [-0.15, -0.1) is 0 Å². The average molecular weight is 434 g/mol. The zero-order valence-electron chi connectivity index (χ0n) is 17.0. The molecule has 166 valence electrons. The van der Waals surface area contributed by atoms with Crippen LogP contribution in [0.4, 0.5) is 17.1 Å². The second-order valence-corrected chi connectivity index (χ2v) is 6.89. The van der Waals surface area contributed by atoms with Crippen LogP contribution in [0.2, 0.25) is 0 Å². The lowest BCUT2D eigenvalue weighted by atomic mass is 10.1. The lowest BCUT2D eigenvalue weighted by Crippen LogP contribution is -2.41. The van der Waals surface area contributed by atoms with E-state index < -0.39 is 27.2 Å². The molecule has 12 nitrogen and oxygen atoms in total. The minimum absolute atomic E-state index is 0.148.